The van der Waals surface area contributed by atoms with Crippen LogP contribution in [0.3, 0.4) is 0 Å². The van der Waals surface area contributed by atoms with Gasteiger partial charge in [0.2, 0.25) is 0 Å². The summed E-state index contributed by atoms with van der Waals surface area (Å²) in [5, 5.41) is 0.267. The molecule has 0 saturated heterocycles. The number of rotatable bonds is 0. The number of nitrogens with zero attached hydrogens (tertiary/aromatic N) is 1. The van der Waals surface area contributed by atoms with Crippen molar-refractivity contribution in [3.05, 3.63) is 16.9 Å². The minimum atomic E-state index is 0. The number of halogens is 2. The van der Waals surface area contributed by atoms with Crippen molar-refractivity contribution in [1.29, 1.82) is 0 Å². The fraction of sp³-hybridized carbons (Fsp3) is 0.167. The summed E-state index contributed by atoms with van der Waals surface area (Å²) in [5.41, 5.74) is 12.7. The molecular weight excluding hydrogens is 185 g/mol. The van der Waals surface area contributed by atoms with E-state index < -0.39 is 0 Å². The third-order valence-corrected chi connectivity index (χ3v) is 1.61. The van der Waals surface area contributed by atoms with E-state index in [0.717, 1.165) is 5.56 Å². The fourth-order valence-electron chi connectivity index (χ4n) is 0.616. The molecule has 0 bridgehead atoms. The molecule has 1 rings (SSSR count). The lowest BCUT2D eigenvalue weighted by Gasteiger charge is -2.03. The molecule has 0 aliphatic heterocycles. The van der Waals surface area contributed by atoms with Crippen molar-refractivity contribution in [3.63, 3.8) is 0 Å². The van der Waals surface area contributed by atoms with Gasteiger partial charge in [-0.2, -0.15) is 0 Å². The number of pyridine rings is 1. The van der Waals surface area contributed by atoms with Crippen LogP contribution in [0.15, 0.2) is 6.20 Å². The van der Waals surface area contributed by atoms with Gasteiger partial charge in [0.15, 0.2) is 5.15 Å². The normalized spacial score (nSPS) is 8.91. The van der Waals surface area contributed by atoms with E-state index in [9.17, 15) is 0 Å². The first-order valence-electron chi connectivity index (χ1n) is 2.79. The van der Waals surface area contributed by atoms with Gasteiger partial charge in [-0.25, -0.2) is 4.98 Å². The average Bonchev–Trinajstić information content (AvgIpc) is 1.93. The Bertz CT molecular complexity index is 235. The Balaban J connectivity index is 0.000001000. The molecule has 0 amide bonds. The van der Waals surface area contributed by atoms with Gasteiger partial charge in [-0.15, -0.1) is 12.4 Å². The standard InChI is InChI=1S/C6H8ClN3.ClH/c1-3-2-10-6(7)5(9)4(3)8;/h2H,9H2,1H3,(H2,8,10);1H. The molecule has 1 heterocycles. The van der Waals surface area contributed by atoms with E-state index in [1.54, 1.807) is 6.20 Å². The fourth-order valence-corrected chi connectivity index (χ4v) is 0.767. The smallest absolute Gasteiger partial charge is 0.154 e. The zero-order valence-electron chi connectivity index (χ0n) is 5.97. The van der Waals surface area contributed by atoms with Crippen LogP contribution >= 0.6 is 24.0 Å². The maximum atomic E-state index is 5.57. The summed E-state index contributed by atoms with van der Waals surface area (Å²) in [6.45, 7) is 1.83. The molecule has 1 aromatic heterocycles. The number of hydrogen-bond acceptors (Lipinski definition) is 3. The maximum Gasteiger partial charge on any atom is 0.154 e. The van der Waals surface area contributed by atoms with Crippen LogP contribution in [0.1, 0.15) is 5.56 Å². The highest BCUT2D eigenvalue weighted by molar-refractivity contribution is 6.32. The zero-order chi connectivity index (χ0) is 7.72. The van der Waals surface area contributed by atoms with Crippen molar-refractivity contribution in [2.75, 3.05) is 11.5 Å². The molecule has 62 valence electrons. The van der Waals surface area contributed by atoms with Gasteiger partial charge in [0.1, 0.15) is 0 Å². The van der Waals surface area contributed by atoms with Crippen LogP contribution in [0.2, 0.25) is 5.15 Å². The van der Waals surface area contributed by atoms with Gasteiger partial charge in [0, 0.05) is 6.20 Å². The first kappa shape index (κ1) is 10.3. The summed E-state index contributed by atoms with van der Waals surface area (Å²) < 4.78 is 0. The van der Waals surface area contributed by atoms with Crippen LogP contribution in [-0.2, 0) is 0 Å². The first-order valence-corrected chi connectivity index (χ1v) is 3.16. The highest BCUT2D eigenvalue weighted by Crippen LogP contribution is 2.24. The van der Waals surface area contributed by atoms with Crippen LogP contribution in [0.4, 0.5) is 11.4 Å². The van der Waals surface area contributed by atoms with E-state index in [0.29, 0.717) is 11.4 Å². The van der Waals surface area contributed by atoms with Crippen molar-refractivity contribution in [1.82, 2.24) is 4.98 Å². The molecule has 4 N–H and O–H groups in total. The molecule has 0 aromatic carbocycles. The van der Waals surface area contributed by atoms with Gasteiger partial charge in [-0.1, -0.05) is 11.6 Å². The molecular formula is C6H9Cl2N3. The van der Waals surface area contributed by atoms with Gasteiger partial charge in [-0.3, -0.25) is 0 Å². The monoisotopic (exact) mass is 193 g/mol. The number of hydrogen-bond donors (Lipinski definition) is 2. The molecule has 1 aromatic rings. The molecule has 5 heteroatoms. The summed E-state index contributed by atoms with van der Waals surface area (Å²) in [6, 6.07) is 0. The second-order valence-electron chi connectivity index (χ2n) is 2.06. The molecule has 0 aliphatic rings. The second-order valence-corrected chi connectivity index (χ2v) is 2.42. The van der Waals surface area contributed by atoms with Gasteiger partial charge < -0.3 is 11.5 Å². The van der Waals surface area contributed by atoms with Crippen molar-refractivity contribution < 1.29 is 0 Å². The molecule has 0 unspecified atom stereocenters. The summed E-state index contributed by atoms with van der Waals surface area (Å²) >= 11 is 5.57. The summed E-state index contributed by atoms with van der Waals surface area (Å²) in [5.74, 6) is 0. The largest absolute Gasteiger partial charge is 0.397 e. The minimum absolute atomic E-state index is 0. The molecule has 11 heavy (non-hydrogen) atoms. The van der Waals surface area contributed by atoms with Crippen LogP contribution in [0.5, 0.6) is 0 Å². The van der Waals surface area contributed by atoms with E-state index in [-0.39, 0.29) is 17.6 Å². The van der Waals surface area contributed by atoms with Crippen molar-refractivity contribution in [2.45, 2.75) is 6.92 Å². The number of anilines is 2. The molecule has 0 spiro atoms. The Hall–Kier alpha value is -0.670. The first-order chi connectivity index (χ1) is 4.63. The Morgan fingerprint density at radius 2 is 1.91 bits per heavy atom. The molecule has 0 atom stereocenters. The molecule has 0 fully saturated rings. The van der Waals surface area contributed by atoms with E-state index in [2.05, 4.69) is 4.98 Å². The SMILES string of the molecule is Cc1cnc(Cl)c(N)c1N.Cl. The number of nitrogens with two attached hydrogens (primary N) is 2. The Morgan fingerprint density at radius 3 is 2.36 bits per heavy atom. The van der Waals surface area contributed by atoms with E-state index >= 15 is 0 Å². The van der Waals surface area contributed by atoms with Crippen LogP contribution < -0.4 is 11.5 Å². The van der Waals surface area contributed by atoms with Gasteiger partial charge in [0.05, 0.1) is 11.4 Å². The Kier molecular flexibility index (Phi) is 3.42. The minimum Gasteiger partial charge on any atom is -0.397 e. The van der Waals surface area contributed by atoms with Crippen LogP contribution in [0.25, 0.3) is 0 Å². The van der Waals surface area contributed by atoms with Gasteiger partial charge >= 0.3 is 0 Å². The van der Waals surface area contributed by atoms with E-state index in [1.165, 1.54) is 0 Å². The lowest BCUT2D eigenvalue weighted by atomic mass is 10.2. The topological polar surface area (TPSA) is 64.9 Å². The quantitative estimate of drug-likeness (QED) is 0.617. The van der Waals surface area contributed by atoms with Crippen molar-refractivity contribution in [2.24, 2.45) is 0 Å². The Labute approximate surface area is 76.2 Å². The third kappa shape index (κ3) is 1.88. The van der Waals surface area contributed by atoms with E-state index in [4.69, 9.17) is 23.1 Å². The summed E-state index contributed by atoms with van der Waals surface area (Å²) in [6.07, 6.45) is 1.59. The molecule has 0 radical (unpaired) electrons. The highest BCUT2D eigenvalue weighted by Gasteiger charge is 2.02. The number of nitrogen functional groups attached to an aromatic ring is 2. The van der Waals surface area contributed by atoms with E-state index in [1.807, 2.05) is 6.92 Å². The van der Waals surface area contributed by atoms with Gasteiger partial charge in [0.25, 0.3) is 0 Å². The summed E-state index contributed by atoms with van der Waals surface area (Å²) in [7, 11) is 0. The van der Waals surface area contributed by atoms with Crippen LogP contribution in [0, 0.1) is 6.92 Å². The predicted octanol–water partition coefficient (Wildman–Crippen LogP) is 1.63. The molecule has 0 aliphatic carbocycles. The van der Waals surface area contributed by atoms with Crippen molar-refractivity contribution in [3.8, 4) is 0 Å². The van der Waals surface area contributed by atoms with Gasteiger partial charge in [-0.05, 0) is 12.5 Å². The number of aromatic nitrogens is 1. The molecule has 3 nitrogen and oxygen atoms in total. The summed E-state index contributed by atoms with van der Waals surface area (Å²) in [4.78, 5) is 3.80. The predicted molar refractivity (Wildman–Crippen MR) is 50.1 cm³/mol. The van der Waals surface area contributed by atoms with Crippen LogP contribution in [-0.4, -0.2) is 4.98 Å². The lowest BCUT2D eigenvalue weighted by Crippen LogP contribution is -1.99. The lowest BCUT2D eigenvalue weighted by molar-refractivity contribution is 1.28. The molecule has 0 saturated carbocycles. The zero-order valence-corrected chi connectivity index (χ0v) is 7.54. The Morgan fingerprint density at radius 1 is 1.36 bits per heavy atom. The maximum absolute atomic E-state index is 5.57. The third-order valence-electron chi connectivity index (χ3n) is 1.31. The number of aryl methyl sites for hydroxylation is 1. The second kappa shape index (κ2) is 3.64. The highest BCUT2D eigenvalue weighted by atomic mass is 35.5. The average molecular weight is 194 g/mol. The van der Waals surface area contributed by atoms with Crippen molar-refractivity contribution >= 4 is 35.4 Å².